The summed E-state index contributed by atoms with van der Waals surface area (Å²) in [6.07, 6.45) is 1.90. The zero-order valence-electron chi connectivity index (χ0n) is 18.2. The lowest BCUT2D eigenvalue weighted by Crippen LogP contribution is -2.21. The Morgan fingerprint density at radius 2 is 1.82 bits per heavy atom. The van der Waals surface area contributed by atoms with E-state index in [9.17, 15) is 9.59 Å². The molecule has 7 nitrogen and oxygen atoms in total. The summed E-state index contributed by atoms with van der Waals surface area (Å²) < 4.78 is 5.83. The molecule has 4 aromatic rings. The number of aryl methyl sites for hydroxylation is 2. The van der Waals surface area contributed by atoms with E-state index >= 15 is 0 Å². The highest BCUT2D eigenvalue weighted by molar-refractivity contribution is 5.82. The maximum Gasteiger partial charge on any atom is 0.270 e. The molecule has 0 saturated carbocycles. The van der Waals surface area contributed by atoms with Crippen molar-refractivity contribution in [1.29, 1.82) is 0 Å². The fraction of sp³-hybridized carbons (Fsp3) is 0.154. The summed E-state index contributed by atoms with van der Waals surface area (Å²) >= 11 is 0. The van der Waals surface area contributed by atoms with Crippen LogP contribution in [0.1, 0.15) is 28.8 Å². The Morgan fingerprint density at radius 1 is 1.06 bits per heavy atom. The second kappa shape index (κ2) is 10.4. The lowest BCUT2D eigenvalue weighted by atomic mass is 10.1. The minimum Gasteiger partial charge on any atom is -0.489 e. The number of fused-ring (bicyclic) bond motifs is 1. The largest absolute Gasteiger partial charge is 0.489 e. The third kappa shape index (κ3) is 5.92. The average Bonchev–Trinajstić information content (AvgIpc) is 2.83. The molecule has 1 amide bonds. The van der Waals surface area contributed by atoms with Gasteiger partial charge in [-0.15, -0.1) is 0 Å². The molecule has 0 aliphatic carbocycles. The number of carbonyl (C=O) groups is 1. The standard InChI is InChI=1S/C26H24N4O3/c1-18-6-2-3-7-20(18)17-33-21-12-10-19(11-13-21)16-27-30-25(31)15-14-24-26(32)29-23-9-5-4-8-22(23)28-24/h2-13,16H,14-15,17H2,1H3,(H,29,32)(H,30,31)/b27-16+. The fourth-order valence-electron chi connectivity index (χ4n) is 3.29. The van der Waals surface area contributed by atoms with Crippen LogP contribution < -0.4 is 15.7 Å². The third-order valence-electron chi connectivity index (χ3n) is 5.20. The Kier molecular flexibility index (Phi) is 6.90. The molecule has 0 bridgehead atoms. The van der Waals surface area contributed by atoms with Gasteiger partial charge < -0.3 is 9.72 Å². The zero-order valence-corrected chi connectivity index (χ0v) is 18.2. The van der Waals surface area contributed by atoms with Crippen molar-refractivity contribution >= 4 is 23.2 Å². The molecule has 0 aliphatic heterocycles. The highest BCUT2D eigenvalue weighted by Gasteiger charge is 2.08. The van der Waals surface area contributed by atoms with Crippen LogP contribution in [0.15, 0.2) is 82.7 Å². The average molecular weight is 441 g/mol. The van der Waals surface area contributed by atoms with Gasteiger partial charge in [0, 0.05) is 12.8 Å². The fourth-order valence-corrected chi connectivity index (χ4v) is 3.29. The minimum atomic E-state index is -0.293. The molecule has 3 aromatic carbocycles. The maximum absolute atomic E-state index is 12.1. The first-order valence-corrected chi connectivity index (χ1v) is 10.7. The number of carbonyl (C=O) groups excluding carboxylic acids is 1. The summed E-state index contributed by atoms with van der Waals surface area (Å²) in [5.41, 5.74) is 7.06. The second-order valence-electron chi connectivity index (χ2n) is 7.61. The number of benzene rings is 3. The normalized spacial score (nSPS) is 11.1. The van der Waals surface area contributed by atoms with Gasteiger partial charge in [-0.05, 0) is 60.0 Å². The number of rotatable bonds is 8. The molecule has 0 aliphatic rings. The van der Waals surface area contributed by atoms with Gasteiger partial charge in [0.15, 0.2) is 0 Å². The van der Waals surface area contributed by atoms with Crippen LogP contribution in [0.4, 0.5) is 0 Å². The number of nitrogens with zero attached hydrogens (tertiary/aromatic N) is 2. The van der Waals surface area contributed by atoms with Crippen LogP contribution in [0, 0.1) is 6.92 Å². The highest BCUT2D eigenvalue weighted by atomic mass is 16.5. The molecule has 1 aromatic heterocycles. The van der Waals surface area contributed by atoms with Crippen molar-refractivity contribution in [2.75, 3.05) is 0 Å². The van der Waals surface area contributed by atoms with Crippen LogP contribution in [0.5, 0.6) is 5.75 Å². The molecule has 0 spiro atoms. The Morgan fingerprint density at radius 3 is 2.64 bits per heavy atom. The first-order valence-electron chi connectivity index (χ1n) is 10.7. The number of hydrogen-bond donors (Lipinski definition) is 2. The van der Waals surface area contributed by atoms with Crippen LogP contribution in [0.2, 0.25) is 0 Å². The number of amides is 1. The van der Waals surface area contributed by atoms with Crippen molar-refractivity contribution in [2.24, 2.45) is 5.10 Å². The monoisotopic (exact) mass is 440 g/mol. The number of nitrogens with one attached hydrogen (secondary N) is 2. The number of para-hydroxylation sites is 2. The Hall–Kier alpha value is -4.26. The van der Waals surface area contributed by atoms with Crippen molar-refractivity contribution in [1.82, 2.24) is 15.4 Å². The molecule has 1 heterocycles. The molecule has 0 atom stereocenters. The molecule has 166 valence electrons. The molecule has 0 unspecified atom stereocenters. The van der Waals surface area contributed by atoms with E-state index in [4.69, 9.17) is 4.74 Å². The molecule has 7 heteroatoms. The number of aromatic nitrogens is 2. The molecule has 4 rings (SSSR count). The van der Waals surface area contributed by atoms with Gasteiger partial charge in [0.25, 0.3) is 5.56 Å². The number of hydrogen-bond acceptors (Lipinski definition) is 5. The Labute approximate surface area is 191 Å². The molecule has 0 saturated heterocycles. The van der Waals surface area contributed by atoms with Gasteiger partial charge in [-0.1, -0.05) is 36.4 Å². The first kappa shape index (κ1) is 22.0. The number of ether oxygens (including phenoxy) is 1. The van der Waals surface area contributed by atoms with Gasteiger partial charge in [0.1, 0.15) is 18.1 Å². The van der Waals surface area contributed by atoms with Crippen LogP contribution in [-0.2, 0) is 17.8 Å². The zero-order chi connectivity index (χ0) is 23.0. The lowest BCUT2D eigenvalue weighted by Gasteiger charge is -2.08. The molecular formula is C26H24N4O3. The first-order chi connectivity index (χ1) is 16.1. The van der Waals surface area contributed by atoms with Gasteiger partial charge in [-0.25, -0.2) is 10.4 Å². The SMILES string of the molecule is Cc1ccccc1COc1ccc(/C=N/NC(=O)CCc2nc3ccccc3[nH]c2=O)cc1. The van der Waals surface area contributed by atoms with Crippen molar-refractivity contribution in [3.63, 3.8) is 0 Å². The summed E-state index contributed by atoms with van der Waals surface area (Å²) in [7, 11) is 0. The molecule has 0 fully saturated rings. The van der Waals surface area contributed by atoms with E-state index in [0.29, 0.717) is 23.3 Å². The van der Waals surface area contributed by atoms with Gasteiger partial charge in [-0.3, -0.25) is 9.59 Å². The van der Waals surface area contributed by atoms with Crippen molar-refractivity contribution in [3.05, 3.63) is 106 Å². The van der Waals surface area contributed by atoms with Gasteiger partial charge >= 0.3 is 0 Å². The number of aromatic amines is 1. The van der Waals surface area contributed by atoms with Crippen LogP contribution in [0.3, 0.4) is 0 Å². The van der Waals surface area contributed by atoms with Gasteiger partial charge in [0.05, 0.1) is 17.2 Å². The highest BCUT2D eigenvalue weighted by Crippen LogP contribution is 2.15. The molecule has 33 heavy (non-hydrogen) atoms. The smallest absolute Gasteiger partial charge is 0.270 e. The maximum atomic E-state index is 12.1. The minimum absolute atomic E-state index is 0.109. The van der Waals surface area contributed by atoms with Crippen molar-refractivity contribution in [3.8, 4) is 5.75 Å². The predicted octanol–water partition coefficient (Wildman–Crippen LogP) is 3.89. The van der Waals surface area contributed by atoms with E-state index in [1.807, 2.05) is 60.7 Å². The van der Waals surface area contributed by atoms with E-state index in [2.05, 4.69) is 33.5 Å². The van der Waals surface area contributed by atoms with Crippen LogP contribution in [-0.4, -0.2) is 22.1 Å². The molecule has 0 radical (unpaired) electrons. The van der Waals surface area contributed by atoms with E-state index in [0.717, 1.165) is 16.9 Å². The van der Waals surface area contributed by atoms with E-state index in [1.54, 1.807) is 12.3 Å². The summed E-state index contributed by atoms with van der Waals surface area (Å²) in [5.74, 6) is 0.464. The van der Waals surface area contributed by atoms with Crippen LogP contribution in [0.25, 0.3) is 11.0 Å². The van der Waals surface area contributed by atoms with Gasteiger partial charge in [-0.2, -0.15) is 5.10 Å². The summed E-state index contributed by atoms with van der Waals surface area (Å²) in [4.78, 5) is 31.4. The number of H-pyrrole nitrogens is 1. The second-order valence-corrected chi connectivity index (χ2v) is 7.61. The van der Waals surface area contributed by atoms with E-state index in [1.165, 1.54) is 5.56 Å². The Bertz CT molecular complexity index is 1340. The Balaban J connectivity index is 1.26. The molecular weight excluding hydrogens is 416 g/mol. The lowest BCUT2D eigenvalue weighted by molar-refractivity contribution is -0.121. The van der Waals surface area contributed by atoms with Crippen molar-refractivity contribution in [2.45, 2.75) is 26.4 Å². The van der Waals surface area contributed by atoms with Gasteiger partial charge in [0.2, 0.25) is 5.91 Å². The summed E-state index contributed by atoms with van der Waals surface area (Å²) in [5, 5.41) is 3.99. The predicted molar refractivity (Wildman–Crippen MR) is 128 cm³/mol. The third-order valence-corrected chi connectivity index (χ3v) is 5.20. The van der Waals surface area contributed by atoms with Crippen LogP contribution >= 0.6 is 0 Å². The van der Waals surface area contributed by atoms with E-state index < -0.39 is 0 Å². The summed E-state index contributed by atoms with van der Waals surface area (Å²) in [6.45, 7) is 2.56. The van der Waals surface area contributed by atoms with Crippen molar-refractivity contribution < 1.29 is 9.53 Å². The number of hydrazone groups is 1. The summed E-state index contributed by atoms with van der Waals surface area (Å²) in [6, 6.07) is 22.8. The van der Waals surface area contributed by atoms with E-state index in [-0.39, 0.29) is 24.3 Å². The topological polar surface area (TPSA) is 96.4 Å². The quantitative estimate of drug-likeness (QED) is 0.321. The molecule has 2 N–H and O–H groups in total.